The highest BCUT2D eigenvalue weighted by atomic mass is 16.5. The van der Waals surface area contributed by atoms with Crippen LogP contribution in [0.4, 0.5) is 5.69 Å². The molecule has 1 saturated carbocycles. The fourth-order valence-electron chi connectivity index (χ4n) is 2.97. The lowest BCUT2D eigenvalue weighted by Gasteiger charge is -2.16. The van der Waals surface area contributed by atoms with Gasteiger partial charge in [0.1, 0.15) is 11.5 Å². The molecule has 0 spiro atoms. The topological polar surface area (TPSA) is 64.4 Å². The molecule has 122 valence electrons. The number of anilines is 1. The molecule has 2 aromatic rings. The summed E-state index contributed by atoms with van der Waals surface area (Å²) in [6, 6.07) is 7.60. The largest absolute Gasteiger partial charge is 0.488 e. The zero-order chi connectivity index (χ0) is 16.2. The number of aryl methyl sites for hydroxylation is 2. The molecule has 0 radical (unpaired) electrons. The van der Waals surface area contributed by atoms with Gasteiger partial charge in [-0.25, -0.2) is 0 Å². The van der Waals surface area contributed by atoms with Crippen molar-refractivity contribution in [3.05, 3.63) is 41.3 Å². The first kappa shape index (κ1) is 15.6. The SMILES string of the molecule is Cc1noc(C)c1CC(=O)Nc1ccccc1OC1CCCC1. The van der Waals surface area contributed by atoms with Crippen molar-refractivity contribution in [2.45, 2.75) is 52.1 Å². The van der Waals surface area contributed by atoms with Gasteiger partial charge in [0, 0.05) is 5.56 Å². The van der Waals surface area contributed by atoms with Crippen LogP contribution in [0.5, 0.6) is 5.75 Å². The van der Waals surface area contributed by atoms with E-state index in [1.54, 1.807) is 0 Å². The van der Waals surface area contributed by atoms with Crippen LogP contribution < -0.4 is 10.1 Å². The average molecular weight is 314 g/mol. The third kappa shape index (κ3) is 3.73. The maximum Gasteiger partial charge on any atom is 0.229 e. The van der Waals surface area contributed by atoms with Gasteiger partial charge in [-0.3, -0.25) is 4.79 Å². The van der Waals surface area contributed by atoms with Crippen molar-refractivity contribution in [2.24, 2.45) is 0 Å². The van der Waals surface area contributed by atoms with Gasteiger partial charge in [0.15, 0.2) is 0 Å². The maximum absolute atomic E-state index is 12.3. The number of nitrogens with one attached hydrogen (secondary N) is 1. The Morgan fingerprint density at radius 2 is 2.04 bits per heavy atom. The lowest BCUT2D eigenvalue weighted by molar-refractivity contribution is -0.115. The van der Waals surface area contributed by atoms with Crippen molar-refractivity contribution in [1.29, 1.82) is 0 Å². The molecule has 1 aliphatic carbocycles. The van der Waals surface area contributed by atoms with Crippen molar-refractivity contribution in [3.8, 4) is 5.75 Å². The number of nitrogens with zero attached hydrogens (tertiary/aromatic N) is 1. The fraction of sp³-hybridized carbons (Fsp3) is 0.444. The molecule has 1 heterocycles. The highest BCUT2D eigenvalue weighted by Gasteiger charge is 2.19. The Morgan fingerprint density at radius 3 is 2.74 bits per heavy atom. The first-order valence-corrected chi connectivity index (χ1v) is 8.11. The van der Waals surface area contributed by atoms with Crippen molar-refractivity contribution >= 4 is 11.6 Å². The molecule has 0 saturated heterocycles. The van der Waals surface area contributed by atoms with Gasteiger partial charge in [-0.15, -0.1) is 0 Å². The van der Waals surface area contributed by atoms with Gasteiger partial charge in [0.05, 0.1) is 23.9 Å². The summed E-state index contributed by atoms with van der Waals surface area (Å²) < 4.78 is 11.1. The number of carbonyl (C=O) groups excluding carboxylic acids is 1. The van der Waals surface area contributed by atoms with Gasteiger partial charge < -0.3 is 14.6 Å². The Hall–Kier alpha value is -2.30. The molecule has 23 heavy (non-hydrogen) atoms. The minimum atomic E-state index is -0.0955. The van der Waals surface area contributed by atoms with Crippen LogP contribution in [0, 0.1) is 13.8 Å². The van der Waals surface area contributed by atoms with E-state index >= 15 is 0 Å². The van der Waals surface area contributed by atoms with Crippen molar-refractivity contribution in [2.75, 3.05) is 5.32 Å². The van der Waals surface area contributed by atoms with Crippen LogP contribution in [-0.2, 0) is 11.2 Å². The van der Waals surface area contributed by atoms with Gasteiger partial charge in [-0.1, -0.05) is 17.3 Å². The normalized spacial score (nSPS) is 14.9. The summed E-state index contributed by atoms with van der Waals surface area (Å²) in [6.45, 7) is 3.66. The number of para-hydroxylation sites is 2. The molecular formula is C18H22N2O3. The number of amides is 1. The Morgan fingerprint density at radius 1 is 1.30 bits per heavy atom. The van der Waals surface area contributed by atoms with E-state index in [-0.39, 0.29) is 18.4 Å². The van der Waals surface area contributed by atoms with Crippen LogP contribution >= 0.6 is 0 Å². The standard InChI is InChI=1S/C18H22N2O3/c1-12-15(13(2)23-20-12)11-18(21)19-16-9-5-6-10-17(16)22-14-7-3-4-8-14/h5-6,9-10,14H,3-4,7-8,11H2,1-2H3,(H,19,21). The predicted molar refractivity (Wildman–Crippen MR) is 87.6 cm³/mol. The summed E-state index contributed by atoms with van der Waals surface area (Å²) >= 11 is 0. The molecule has 1 fully saturated rings. The van der Waals surface area contributed by atoms with Gasteiger partial charge >= 0.3 is 0 Å². The van der Waals surface area contributed by atoms with Crippen LogP contribution in [0.15, 0.2) is 28.8 Å². The summed E-state index contributed by atoms with van der Waals surface area (Å²) in [7, 11) is 0. The quantitative estimate of drug-likeness (QED) is 0.912. The smallest absolute Gasteiger partial charge is 0.229 e. The summed E-state index contributed by atoms with van der Waals surface area (Å²) in [5, 5.41) is 6.83. The second-order valence-corrected chi connectivity index (χ2v) is 6.05. The van der Waals surface area contributed by atoms with Crippen LogP contribution in [0.25, 0.3) is 0 Å². The van der Waals surface area contributed by atoms with Gasteiger partial charge in [-0.05, 0) is 51.7 Å². The van der Waals surface area contributed by atoms with E-state index in [1.807, 2.05) is 38.1 Å². The summed E-state index contributed by atoms with van der Waals surface area (Å²) in [5.41, 5.74) is 2.32. The minimum absolute atomic E-state index is 0.0955. The van der Waals surface area contributed by atoms with E-state index < -0.39 is 0 Å². The number of ether oxygens (including phenoxy) is 1. The highest BCUT2D eigenvalue weighted by molar-refractivity contribution is 5.93. The molecule has 0 aliphatic heterocycles. The molecular weight excluding hydrogens is 292 g/mol. The van der Waals surface area contributed by atoms with Crippen LogP contribution in [0.3, 0.4) is 0 Å². The number of hydrogen-bond acceptors (Lipinski definition) is 4. The first-order chi connectivity index (χ1) is 11.1. The minimum Gasteiger partial charge on any atom is -0.488 e. The van der Waals surface area contributed by atoms with Crippen LogP contribution in [0.1, 0.15) is 42.7 Å². The van der Waals surface area contributed by atoms with E-state index in [1.165, 1.54) is 12.8 Å². The molecule has 5 heteroatoms. The molecule has 0 unspecified atom stereocenters. The van der Waals surface area contributed by atoms with E-state index in [4.69, 9.17) is 9.26 Å². The number of aromatic nitrogens is 1. The molecule has 1 aromatic heterocycles. The Labute approximate surface area is 136 Å². The third-order valence-corrected chi connectivity index (χ3v) is 4.28. The van der Waals surface area contributed by atoms with E-state index in [0.717, 1.165) is 35.5 Å². The second kappa shape index (κ2) is 6.86. The number of rotatable bonds is 5. The van der Waals surface area contributed by atoms with Crippen LogP contribution in [-0.4, -0.2) is 17.2 Å². The van der Waals surface area contributed by atoms with Crippen molar-refractivity contribution in [1.82, 2.24) is 5.16 Å². The van der Waals surface area contributed by atoms with E-state index in [2.05, 4.69) is 10.5 Å². The summed E-state index contributed by atoms with van der Waals surface area (Å²) in [5.74, 6) is 1.33. The van der Waals surface area contributed by atoms with Gasteiger partial charge in [0.2, 0.25) is 5.91 Å². The molecule has 3 rings (SSSR count). The average Bonchev–Trinajstić information content (AvgIpc) is 3.14. The second-order valence-electron chi connectivity index (χ2n) is 6.05. The van der Waals surface area contributed by atoms with E-state index in [9.17, 15) is 4.79 Å². The zero-order valence-corrected chi connectivity index (χ0v) is 13.6. The Kier molecular flexibility index (Phi) is 4.65. The molecule has 1 aliphatic rings. The third-order valence-electron chi connectivity index (χ3n) is 4.28. The lowest BCUT2D eigenvalue weighted by Crippen LogP contribution is -2.17. The predicted octanol–water partition coefficient (Wildman–Crippen LogP) is 3.79. The molecule has 5 nitrogen and oxygen atoms in total. The monoisotopic (exact) mass is 314 g/mol. The molecule has 0 atom stereocenters. The van der Waals surface area contributed by atoms with Crippen molar-refractivity contribution < 1.29 is 14.1 Å². The number of benzene rings is 1. The number of hydrogen-bond donors (Lipinski definition) is 1. The summed E-state index contributed by atoms with van der Waals surface area (Å²) in [4.78, 5) is 12.3. The van der Waals surface area contributed by atoms with Gasteiger partial charge in [-0.2, -0.15) is 0 Å². The molecule has 1 amide bonds. The Bertz CT molecular complexity index is 668. The molecule has 0 bridgehead atoms. The highest BCUT2D eigenvalue weighted by Crippen LogP contribution is 2.29. The van der Waals surface area contributed by atoms with Gasteiger partial charge in [0.25, 0.3) is 0 Å². The van der Waals surface area contributed by atoms with E-state index in [0.29, 0.717) is 5.76 Å². The fourth-order valence-corrected chi connectivity index (χ4v) is 2.97. The maximum atomic E-state index is 12.3. The summed E-state index contributed by atoms with van der Waals surface area (Å²) in [6.07, 6.45) is 5.11. The van der Waals surface area contributed by atoms with Crippen molar-refractivity contribution in [3.63, 3.8) is 0 Å². The zero-order valence-electron chi connectivity index (χ0n) is 13.6. The molecule has 1 N–H and O–H groups in total. The van der Waals surface area contributed by atoms with Crippen LogP contribution in [0.2, 0.25) is 0 Å². The lowest BCUT2D eigenvalue weighted by atomic mass is 10.1. The Balaban J connectivity index is 1.68. The first-order valence-electron chi connectivity index (χ1n) is 8.11. The molecule has 1 aromatic carbocycles. The number of carbonyl (C=O) groups is 1.